The molecule has 192 valence electrons. The predicted octanol–water partition coefficient (Wildman–Crippen LogP) is 6.77. The number of carbonyl (C=O) groups is 2. The molecule has 0 unspecified atom stereocenters. The minimum atomic E-state index is -4.10. The van der Waals surface area contributed by atoms with Gasteiger partial charge in [0, 0.05) is 4.47 Å². The van der Waals surface area contributed by atoms with Crippen molar-refractivity contribution in [1.82, 2.24) is 4.90 Å². The number of imide groups is 1. The zero-order valence-corrected chi connectivity index (χ0v) is 25.1. The molecule has 1 heterocycles. The van der Waals surface area contributed by atoms with E-state index >= 15 is 0 Å². The van der Waals surface area contributed by atoms with Gasteiger partial charge in [-0.3, -0.25) is 14.5 Å². The molecule has 0 aliphatic carbocycles. The lowest BCUT2D eigenvalue weighted by Crippen LogP contribution is -2.27. The third-order valence-electron chi connectivity index (χ3n) is 5.29. The molecule has 0 saturated carbocycles. The number of benzene rings is 3. The largest absolute Gasteiger partial charge is 0.490 e. The molecule has 3 aromatic rings. The topological polar surface area (TPSA) is 90.0 Å². The lowest BCUT2D eigenvalue weighted by Gasteiger charge is -2.15. The highest BCUT2D eigenvalue weighted by molar-refractivity contribution is 14.1. The Morgan fingerprint density at radius 2 is 1.78 bits per heavy atom. The van der Waals surface area contributed by atoms with E-state index in [1.165, 1.54) is 17.0 Å². The number of rotatable bonds is 8. The normalized spacial score (nSPS) is 14.9. The second kappa shape index (κ2) is 11.6. The molecule has 0 radical (unpaired) electrons. The summed E-state index contributed by atoms with van der Waals surface area (Å²) >= 11 is 6.26. The molecule has 1 aliphatic rings. The van der Waals surface area contributed by atoms with E-state index in [1.54, 1.807) is 37.3 Å². The molecular weight excluding hydrogens is 693 g/mol. The van der Waals surface area contributed by atoms with Crippen LogP contribution in [-0.4, -0.2) is 31.1 Å². The van der Waals surface area contributed by atoms with Crippen LogP contribution in [0.15, 0.2) is 74.9 Å². The van der Waals surface area contributed by atoms with Crippen LogP contribution in [0.3, 0.4) is 0 Å². The van der Waals surface area contributed by atoms with Crippen LogP contribution in [0.1, 0.15) is 23.6 Å². The van der Waals surface area contributed by atoms with Crippen molar-refractivity contribution in [3.05, 3.63) is 90.3 Å². The van der Waals surface area contributed by atoms with Gasteiger partial charge in [0.15, 0.2) is 11.5 Å². The van der Waals surface area contributed by atoms with Crippen molar-refractivity contribution < 1.29 is 26.9 Å². The average Bonchev–Trinajstić information content (AvgIpc) is 3.10. The zero-order chi connectivity index (χ0) is 26.7. The summed E-state index contributed by atoms with van der Waals surface area (Å²) in [4.78, 5) is 27.1. The number of hydrogen-bond donors (Lipinski definition) is 0. The van der Waals surface area contributed by atoms with Gasteiger partial charge in [-0.15, -0.1) is 0 Å². The summed E-state index contributed by atoms with van der Waals surface area (Å²) in [6.07, 6.45) is 1.59. The van der Waals surface area contributed by atoms with Crippen LogP contribution in [0.25, 0.3) is 6.08 Å². The molecule has 0 N–H and O–H groups in total. The van der Waals surface area contributed by atoms with E-state index in [0.29, 0.717) is 9.13 Å². The third-order valence-corrected chi connectivity index (χ3v) is 9.01. The monoisotopic (exact) mass is 713 g/mol. The molecule has 0 aromatic heterocycles. The molecule has 4 rings (SSSR count). The van der Waals surface area contributed by atoms with E-state index < -0.39 is 16.0 Å². The smallest absolute Gasteiger partial charge is 0.339 e. The van der Waals surface area contributed by atoms with Crippen LogP contribution in [0.2, 0.25) is 0 Å². The summed E-state index contributed by atoms with van der Waals surface area (Å²) in [5, 5.41) is -0.365. The summed E-state index contributed by atoms with van der Waals surface area (Å²) in [7, 11) is -4.10. The van der Waals surface area contributed by atoms with Gasteiger partial charge in [0.2, 0.25) is 0 Å². The molecule has 11 heteroatoms. The number of aryl methyl sites for hydroxylation is 1. The van der Waals surface area contributed by atoms with Crippen molar-refractivity contribution in [3.8, 4) is 11.5 Å². The summed E-state index contributed by atoms with van der Waals surface area (Å²) < 4.78 is 38.2. The highest BCUT2D eigenvalue weighted by Crippen LogP contribution is 2.39. The maximum atomic E-state index is 13.0. The van der Waals surface area contributed by atoms with Crippen LogP contribution in [0, 0.1) is 10.5 Å². The Morgan fingerprint density at radius 1 is 1.08 bits per heavy atom. The van der Waals surface area contributed by atoms with Gasteiger partial charge in [0.25, 0.3) is 11.1 Å². The van der Waals surface area contributed by atoms with Gasteiger partial charge in [-0.25, -0.2) is 0 Å². The number of nitrogens with zero attached hydrogens (tertiary/aromatic N) is 1. The highest BCUT2D eigenvalue weighted by atomic mass is 127. The molecule has 1 aliphatic heterocycles. The van der Waals surface area contributed by atoms with Crippen molar-refractivity contribution in [2.45, 2.75) is 25.3 Å². The SMILES string of the molecule is CCOc1cc(/C=C2\SC(=O)N(Cc3ccccc3Br)C2=O)cc(I)c1OS(=O)(=O)c1ccc(C)cc1. The maximum Gasteiger partial charge on any atom is 0.339 e. The minimum Gasteiger partial charge on any atom is -0.490 e. The molecule has 0 atom stereocenters. The third kappa shape index (κ3) is 6.39. The Balaban J connectivity index is 1.62. The average molecular weight is 714 g/mol. The Morgan fingerprint density at radius 3 is 2.46 bits per heavy atom. The lowest BCUT2D eigenvalue weighted by molar-refractivity contribution is -0.123. The Labute approximate surface area is 241 Å². The summed E-state index contributed by atoms with van der Waals surface area (Å²) in [6.45, 7) is 4.05. The summed E-state index contributed by atoms with van der Waals surface area (Å²) in [6, 6.07) is 17.0. The first kappa shape index (κ1) is 27.7. The second-order valence-electron chi connectivity index (χ2n) is 7.97. The molecule has 1 saturated heterocycles. The van der Waals surface area contributed by atoms with Crippen LogP contribution in [-0.2, 0) is 21.5 Å². The van der Waals surface area contributed by atoms with E-state index in [0.717, 1.165) is 27.4 Å². The first-order chi connectivity index (χ1) is 17.6. The summed E-state index contributed by atoms with van der Waals surface area (Å²) in [5.41, 5.74) is 2.31. The first-order valence-corrected chi connectivity index (χ1v) is 15.1. The number of thioether (sulfide) groups is 1. The maximum absolute atomic E-state index is 13.0. The number of carbonyl (C=O) groups excluding carboxylic acids is 2. The lowest BCUT2D eigenvalue weighted by atomic mass is 10.1. The van der Waals surface area contributed by atoms with Gasteiger partial charge in [-0.1, -0.05) is 51.8 Å². The van der Waals surface area contributed by atoms with Crippen LogP contribution in [0.5, 0.6) is 11.5 Å². The fourth-order valence-electron chi connectivity index (χ4n) is 3.46. The van der Waals surface area contributed by atoms with Crippen LogP contribution < -0.4 is 8.92 Å². The molecule has 2 amide bonds. The van der Waals surface area contributed by atoms with E-state index in [9.17, 15) is 18.0 Å². The van der Waals surface area contributed by atoms with Crippen molar-refractivity contribution >= 4 is 77.6 Å². The molecule has 7 nitrogen and oxygen atoms in total. The van der Waals surface area contributed by atoms with Crippen molar-refractivity contribution in [2.75, 3.05) is 6.61 Å². The van der Waals surface area contributed by atoms with Crippen molar-refractivity contribution in [2.24, 2.45) is 0 Å². The number of halogens is 2. The van der Waals surface area contributed by atoms with Gasteiger partial charge in [-0.05, 0) is 95.7 Å². The van der Waals surface area contributed by atoms with Crippen molar-refractivity contribution in [3.63, 3.8) is 0 Å². The van der Waals surface area contributed by atoms with Crippen molar-refractivity contribution in [1.29, 1.82) is 0 Å². The Kier molecular flexibility index (Phi) is 8.66. The molecule has 0 bridgehead atoms. The number of amides is 2. The van der Waals surface area contributed by atoms with E-state index in [2.05, 4.69) is 15.9 Å². The van der Waals surface area contributed by atoms with E-state index in [4.69, 9.17) is 8.92 Å². The Bertz CT molecular complexity index is 1510. The van der Waals surface area contributed by atoms with E-state index in [1.807, 2.05) is 53.8 Å². The molecule has 37 heavy (non-hydrogen) atoms. The summed E-state index contributed by atoms with van der Waals surface area (Å²) in [5.74, 6) is -0.132. The zero-order valence-electron chi connectivity index (χ0n) is 19.7. The second-order valence-corrected chi connectivity index (χ2v) is 12.5. The van der Waals surface area contributed by atoms with Crippen LogP contribution in [0.4, 0.5) is 4.79 Å². The Hall–Kier alpha value is -2.35. The van der Waals surface area contributed by atoms with E-state index in [-0.39, 0.29) is 39.7 Å². The van der Waals surface area contributed by atoms with Gasteiger partial charge in [0.1, 0.15) is 4.90 Å². The number of hydrogen-bond acceptors (Lipinski definition) is 7. The number of ether oxygens (including phenoxy) is 1. The molecular formula is C26H21BrINO6S2. The van der Waals surface area contributed by atoms with Crippen LogP contribution >= 0.6 is 50.3 Å². The fraction of sp³-hybridized carbons (Fsp3) is 0.154. The quantitative estimate of drug-likeness (QED) is 0.145. The predicted molar refractivity (Wildman–Crippen MR) is 155 cm³/mol. The standard InChI is InChI=1S/C26H21BrINO6S2/c1-3-34-22-13-17(12-21(28)24(22)35-37(32,33)19-10-8-16(2)9-11-19)14-23-25(30)29(26(31)36-23)15-18-6-4-5-7-20(18)27/h4-14H,3,15H2,1-2H3/b23-14-. The van der Waals surface area contributed by atoms with Gasteiger partial charge in [0.05, 0.1) is 21.6 Å². The van der Waals surface area contributed by atoms with Gasteiger partial charge in [-0.2, -0.15) is 8.42 Å². The van der Waals surface area contributed by atoms with Gasteiger partial charge < -0.3 is 8.92 Å². The molecule has 0 spiro atoms. The highest BCUT2D eigenvalue weighted by Gasteiger charge is 2.35. The van der Waals surface area contributed by atoms with Gasteiger partial charge >= 0.3 is 10.1 Å². The molecule has 1 fully saturated rings. The molecule has 3 aromatic carbocycles. The first-order valence-electron chi connectivity index (χ1n) is 11.1. The fourth-order valence-corrected chi connectivity index (χ4v) is 6.55. The minimum absolute atomic E-state index is 0.0270.